The van der Waals surface area contributed by atoms with Crippen LogP contribution in [0.3, 0.4) is 0 Å². The Labute approximate surface area is 126 Å². The SMILES string of the molecule is COc1cc(C)ccc1C(C)(C)CC(O)(C(=O)O)C(F)(F)F. The van der Waals surface area contributed by atoms with E-state index in [2.05, 4.69) is 0 Å². The molecule has 0 aliphatic heterocycles. The highest BCUT2D eigenvalue weighted by Crippen LogP contribution is 2.43. The highest BCUT2D eigenvalue weighted by atomic mass is 19.4. The highest BCUT2D eigenvalue weighted by molar-refractivity contribution is 5.78. The fraction of sp³-hybridized carbons (Fsp3) is 0.533. The van der Waals surface area contributed by atoms with E-state index >= 15 is 0 Å². The van der Waals surface area contributed by atoms with Crippen LogP contribution < -0.4 is 4.74 Å². The van der Waals surface area contributed by atoms with Gasteiger partial charge in [-0.2, -0.15) is 13.2 Å². The summed E-state index contributed by atoms with van der Waals surface area (Å²) in [5.41, 5.74) is -3.86. The minimum absolute atomic E-state index is 0.347. The number of hydrogen-bond donors (Lipinski definition) is 2. The maximum absolute atomic E-state index is 13.0. The van der Waals surface area contributed by atoms with E-state index < -0.39 is 29.6 Å². The Morgan fingerprint density at radius 2 is 1.82 bits per heavy atom. The van der Waals surface area contributed by atoms with Crippen LogP contribution in [0.2, 0.25) is 0 Å². The van der Waals surface area contributed by atoms with E-state index in [1.807, 2.05) is 0 Å². The molecule has 0 saturated carbocycles. The number of carboxylic acid groups (broad SMARTS) is 1. The third kappa shape index (κ3) is 3.35. The van der Waals surface area contributed by atoms with Crippen LogP contribution in [0.25, 0.3) is 0 Å². The number of alkyl halides is 3. The molecule has 0 fully saturated rings. The van der Waals surface area contributed by atoms with Gasteiger partial charge in [0.2, 0.25) is 0 Å². The van der Waals surface area contributed by atoms with E-state index in [1.54, 1.807) is 25.1 Å². The first kappa shape index (κ1) is 18.3. The van der Waals surface area contributed by atoms with Crippen LogP contribution in [-0.2, 0) is 10.2 Å². The molecule has 0 spiro atoms. The summed E-state index contributed by atoms with van der Waals surface area (Å²) >= 11 is 0. The van der Waals surface area contributed by atoms with Gasteiger partial charge in [0, 0.05) is 6.42 Å². The maximum atomic E-state index is 13.0. The molecule has 0 amide bonds. The molecule has 1 rings (SSSR count). The molecule has 124 valence electrons. The first-order valence-electron chi connectivity index (χ1n) is 6.53. The lowest BCUT2D eigenvalue weighted by Gasteiger charge is -2.35. The second kappa shape index (κ2) is 5.79. The lowest BCUT2D eigenvalue weighted by molar-refractivity contribution is -0.265. The molecule has 0 bridgehead atoms. The zero-order chi connectivity index (χ0) is 17.3. The summed E-state index contributed by atoms with van der Waals surface area (Å²) in [4.78, 5) is 11.0. The molecule has 1 atom stereocenters. The van der Waals surface area contributed by atoms with Crippen molar-refractivity contribution < 1.29 is 32.9 Å². The first-order chi connectivity index (χ1) is 9.85. The standard InChI is InChI=1S/C15H19F3O4/c1-9-5-6-10(11(7-9)22-4)13(2,3)8-14(21,12(19)20)15(16,17)18/h5-7,21H,8H2,1-4H3,(H,19,20). The monoisotopic (exact) mass is 320 g/mol. The number of benzene rings is 1. The summed E-state index contributed by atoms with van der Waals surface area (Å²) in [7, 11) is 1.38. The number of aliphatic carboxylic acids is 1. The number of ether oxygens (including phenoxy) is 1. The van der Waals surface area contributed by atoms with Crippen molar-refractivity contribution in [2.24, 2.45) is 0 Å². The average molecular weight is 320 g/mol. The lowest BCUT2D eigenvalue weighted by atomic mass is 9.74. The van der Waals surface area contributed by atoms with Crippen molar-refractivity contribution >= 4 is 5.97 Å². The third-order valence-electron chi connectivity index (χ3n) is 3.61. The molecular formula is C15H19F3O4. The Morgan fingerprint density at radius 1 is 1.27 bits per heavy atom. The van der Waals surface area contributed by atoms with E-state index in [1.165, 1.54) is 21.0 Å². The van der Waals surface area contributed by atoms with Crippen molar-refractivity contribution in [3.05, 3.63) is 29.3 Å². The number of aryl methyl sites for hydroxylation is 1. The van der Waals surface area contributed by atoms with Crippen LogP contribution >= 0.6 is 0 Å². The Balaban J connectivity index is 3.33. The van der Waals surface area contributed by atoms with Gasteiger partial charge in [-0.1, -0.05) is 26.0 Å². The number of hydrogen-bond acceptors (Lipinski definition) is 3. The van der Waals surface area contributed by atoms with Crippen molar-refractivity contribution in [2.75, 3.05) is 7.11 Å². The van der Waals surface area contributed by atoms with Gasteiger partial charge >= 0.3 is 12.1 Å². The number of aliphatic hydroxyl groups is 1. The molecule has 4 nitrogen and oxygen atoms in total. The Hall–Kier alpha value is -1.76. The van der Waals surface area contributed by atoms with Crippen molar-refractivity contribution in [1.29, 1.82) is 0 Å². The molecule has 0 heterocycles. The van der Waals surface area contributed by atoms with Gasteiger partial charge in [0.1, 0.15) is 5.75 Å². The molecule has 1 aromatic rings. The molecular weight excluding hydrogens is 301 g/mol. The number of carbonyl (C=O) groups is 1. The minimum Gasteiger partial charge on any atom is -0.496 e. The molecule has 0 radical (unpaired) electrons. The molecule has 22 heavy (non-hydrogen) atoms. The Kier molecular flexibility index (Phi) is 4.82. The molecule has 7 heteroatoms. The van der Waals surface area contributed by atoms with Crippen molar-refractivity contribution in [3.63, 3.8) is 0 Å². The van der Waals surface area contributed by atoms with Crippen molar-refractivity contribution in [1.82, 2.24) is 0 Å². The van der Waals surface area contributed by atoms with Crippen molar-refractivity contribution in [2.45, 2.75) is 44.4 Å². The van der Waals surface area contributed by atoms with Gasteiger partial charge in [-0.25, -0.2) is 4.79 Å². The van der Waals surface area contributed by atoms with Crippen LogP contribution in [0.1, 0.15) is 31.4 Å². The maximum Gasteiger partial charge on any atom is 0.428 e. The first-order valence-corrected chi connectivity index (χ1v) is 6.53. The second-order valence-corrected chi connectivity index (χ2v) is 5.93. The number of rotatable bonds is 5. The summed E-state index contributed by atoms with van der Waals surface area (Å²) in [6.07, 6.45) is -6.31. The Bertz CT molecular complexity index is 566. The summed E-state index contributed by atoms with van der Waals surface area (Å²) in [5.74, 6) is -1.97. The number of halogens is 3. The third-order valence-corrected chi connectivity index (χ3v) is 3.61. The fourth-order valence-electron chi connectivity index (χ4n) is 2.39. The van der Waals surface area contributed by atoms with Gasteiger partial charge in [0.15, 0.2) is 0 Å². The largest absolute Gasteiger partial charge is 0.496 e. The number of carboxylic acids is 1. The summed E-state index contributed by atoms with van der Waals surface area (Å²) in [5, 5.41) is 18.5. The second-order valence-electron chi connectivity index (χ2n) is 5.93. The summed E-state index contributed by atoms with van der Waals surface area (Å²) in [6, 6.07) is 4.91. The van der Waals surface area contributed by atoms with Crippen LogP contribution in [0.15, 0.2) is 18.2 Å². The minimum atomic E-state index is -5.28. The zero-order valence-electron chi connectivity index (χ0n) is 12.8. The van der Waals surface area contributed by atoms with Gasteiger partial charge in [0.05, 0.1) is 7.11 Å². The smallest absolute Gasteiger partial charge is 0.428 e. The summed E-state index contributed by atoms with van der Waals surface area (Å²) in [6.45, 7) is 4.66. The highest BCUT2D eigenvalue weighted by Gasteiger charge is 2.62. The molecule has 2 N–H and O–H groups in total. The topological polar surface area (TPSA) is 66.8 Å². The Morgan fingerprint density at radius 3 is 2.23 bits per heavy atom. The molecule has 0 aromatic heterocycles. The molecule has 1 aromatic carbocycles. The normalized spacial score (nSPS) is 15.3. The van der Waals surface area contributed by atoms with E-state index in [0.717, 1.165) is 5.56 Å². The van der Waals surface area contributed by atoms with Crippen LogP contribution in [0.5, 0.6) is 5.75 Å². The average Bonchev–Trinajstić information content (AvgIpc) is 2.35. The van der Waals surface area contributed by atoms with Crippen LogP contribution in [-0.4, -0.2) is 35.1 Å². The van der Waals surface area contributed by atoms with E-state index in [-0.39, 0.29) is 0 Å². The molecule has 1 unspecified atom stereocenters. The lowest BCUT2D eigenvalue weighted by Crippen LogP contribution is -2.55. The zero-order valence-corrected chi connectivity index (χ0v) is 12.8. The van der Waals surface area contributed by atoms with Crippen LogP contribution in [0.4, 0.5) is 13.2 Å². The molecule has 0 aliphatic carbocycles. The van der Waals surface area contributed by atoms with Gasteiger partial charge < -0.3 is 14.9 Å². The quantitative estimate of drug-likeness (QED) is 0.875. The van der Waals surface area contributed by atoms with E-state index in [0.29, 0.717) is 11.3 Å². The van der Waals surface area contributed by atoms with Gasteiger partial charge in [-0.3, -0.25) is 0 Å². The van der Waals surface area contributed by atoms with Gasteiger partial charge in [-0.05, 0) is 29.5 Å². The number of methoxy groups -OCH3 is 1. The van der Waals surface area contributed by atoms with Crippen LogP contribution in [0, 0.1) is 6.92 Å². The summed E-state index contributed by atoms with van der Waals surface area (Å²) < 4.78 is 44.1. The molecule has 0 saturated heterocycles. The van der Waals surface area contributed by atoms with Crippen molar-refractivity contribution in [3.8, 4) is 5.75 Å². The fourth-order valence-corrected chi connectivity index (χ4v) is 2.39. The van der Waals surface area contributed by atoms with Gasteiger partial charge in [0.25, 0.3) is 5.60 Å². The predicted molar refractivity (Wildman–Crippen MR) is 74.0 cm³/mol. The molecule has 0 aliphatic rings. The van der Waals surface area contributed by atoms with E-state index in [4.69, 9.17) is 9.84 Å². The van der Waals surface area contributed by atoms with E-state index in [9.17, 15) is 23.1 Å². The predicted octanol–water partition coefficient (Wildman–Crippen LogP) is 3.05. The van der Waals surface area contributed by atoms with Gasteiger partial charge in [-0.15, -0.1) is 0 Å².